The van der Waals surface area contributed by atoms with Crippen molar-refractivity contribution in [3.63, 3.8) is 0 Å². The molecule has 0 saturated carbocycles. The van der Waals surface area contributed by atoms with Crippen molar-refractivity contribution in [1.29, 1.82) is 0 Å². The fourth-order valence-corrected chi connectivity index (χ4v) is 2.48. The van der Waals surface area contributed by atoms with Crippen LogP contribution in [0.3, 0.4) is 0 Å². The molecular weight excluding hydrogens is 274 g/mol. The monoisotopic (exact) mass is 285 g/mol. The Morgan fingerprint density at radius 1 is 1.00 bits per heavy atom. The molecule has 1 nitrogen and oxygen atoms in total. The summed E-state index contributed by atoms with van der Waals surface area (Å²) in [6.45, 7) is 2.14. The van der Waals surface area contributed by atoms with Crippen LogP contribution in [0.2, 0.25) is 0 Å². The predicted octanol–water partition coefficient (Wildman–Crippen LogP) is 4.91. The fraction of sp³-hybridized carbons (Fsp3) is 0.0667. The zero-order chi connectivity index (χ0) is 11.8. The summed E-state index contributed by atoms with van der Waals surface area (Å²) in [5.41, 5.74) is 4.90. The maximum absolute atomic E-state index is 3.49. The van der Waals surface area contributed by atoms with Crippen LogP contribution < -0.4 is 0 Å². The van der Waals surface area contributed by atoms with Crippen LogP contribution in [-0.4, -0.2) is 4.98 Å². The Hall–Kier alpha value is -1.54. The molecule has 17 heavy (non-hydrogen) atoms. The van der Waals surface area contributed by atoms with E-state index in [1.54, 1.807) is 0 Å². The van der Waals surface area contributed by atoms with E-state index in [4.69, 9.17) is 0 Å². The number of nitrogens with one attached hydrogen (secondary N) is 1. The van der Waals surface area contributed by atoms with Gasteiger partial charge in [-0.15, -0.1) is 0 Å². The first-order valence-corrected chi connectivity index (χ1v) is 6.37. The van der Waals surface area contributed by atoms with Crippen molar-refractivity contribution >= 4 is 26.8 Å². The van der Waals surface area contributed by atoms with Gasteiger partial charge in [0.05, 0.1) is 0 Å². The first-order chi connectivity index (χ1) is 8.24. The van der Waals surface area contributed by atoms with Gasteiger partial charge in [0.25, 0.3) is 0 Å². The Morgan fingerprint density at radius 2 is 1.82 bits per heavy atom. The molecule has 3 aromatic rings. The third-order valence-electron chi connectivity index (χ3n) is 3.02. The Bertz CT molecular complexity index is 682. The first-order valence-electron chi connectivity index (χ1n) is 5.58. The van der Waals surface area contributed by atoms with E-state index in [1.165, 1.54) is 22.2 Å². The van der Waals surface area contributed by atoms with Crippen molar-refractivity contribution in [2.75, 3.05) is 0 Å². The van der Waals surface area contributed by atoms with Crippen molar-refractivity contribution in [2.45, 2.75) is 6.92 Å². The first kappa shape index (κ1) is 10.6. The van der Waals surface area contributed by atoms with Gasteiger partial charge < -0.3 is 4.98 Å². The normalized spacial score (nSPS) is 10.9. The smallest absolute Gasteiger partial charge is 0.0470 e. The molecule has 84 valence electrons. The largest absolute Gasteiger partial charge is 0.354 e. The van der Waals surface area contributed by atoms with Crippen molar-refractivity contribution in [2.24, 2.45) is 0 Å². The van der Waals surface area contributed by atoms with Crippen LogP contribution in [0.25, 0.3) is 22.2 Å². The molecule has 0 fully saturated rings. The van der Waals surface area contributed by atoms with Crippen LogP contribution in [0.1, 0.15) is 5.56 Å². The highest BCUT2D eigenvalue weighted by Gasteiger charge is 2.05. The Morgan fingerprint density at radius 3 is 2.65 bits per heavy atom. The average molecular weight is 286 g/mol. The highest BCUT2D eigenvalue weighted by atomic mass is 79.9. The van der Waals surface area contributed by atoms with Gasteiger partial charge in [-0.05, 0) is 30.7 Å². The van der Waals surface area contributed by atoms with Crippen LogP contribution in [-0.2, 0) is 0 Å². The number of hydrogen-bond donors (Lipinski definition) is 1. The van der Waals surface area contributed by atoms with Gasteiger partial charge in [0.1, 0.15) is 0 Å². The second-order valence-electron chi connectivity index (χ2n) is 4.23. The summed E-state index contributed by atoms with van der Waals surface area (Å²) in [5, 5.41) is 1.24. The molecule has 0 aliphatic carbocycles. The van der Waals surface area contributed by atoms with E-state index in [0.29, 0.717) is 0 Å². The lowest BCUT2D eigenvalue weighted by Crippen LogP contribution is -1.81. The molecule has 0 amide bonds. The molecule has 0 bridgehead atoms. The van der Waals surface area contributed by atoms with E-state index in [0.717, 1.165) is 9.99 Å². The van der Waals surface area contributed by atoms with E-state index in [9.17, 15) is 0 Å². The topological polar surface area (TPSA) is 15.8 Å². The molecule has 0 atom stereocenters. The minimum Gasteiger partial charge on any atom is -0.354 e. The third-order valence-corrected chi connectivity index (χ3v) is 3.51. The summed E-state index contributed by atoms with van der Waals surface area (Å²) in [4.78, 5) is 3.46. The zero-order valence-electron chi connectivity index (χ0n) is 9.50. The average Bonchev–Trinajstić information content (AvgIpc) is 2.72. The molecule has 0 spiro atoms. The van der Waals surface area contributed by atoms with E-state index >= 15 is 0 Å². The minimum absolute atomic E-state index is 1.10. The molecule has 0 aliphatic rings. The van der Waals surface area contributed by atoms with Crippen LogP contribution in [0, 0.1) is 6.92 Å². The van der Waals surface area contributed by atoms with Gasteiger partial charge in [-0.25, -0.2) is 0 Å². The SMILES string of the molecule is Cc1ccccc1-c1cc2ccc(Br)cc2[nH]1. The van der Waals surface area contributed by atoms with E-state index in [2.05, 4.69) is 76.4 Å². The Kier molecular flexibility index (Phi) is 2.52. The van der Waals surface area contributed by atoms with Gasteiger partial charge in [0.15, 0.2) is 0 Å². The number of fused-ring (bicyclic) bond motifs is 1. The second-order valence-corrected chi connectivity index (χ2v) is 5.15. The van der Waals surface area contributed by atoms with Gasteiger partial charge >= 0.3 is 0 Å². The number of H-pyrrole nitrogens is 1. The van der Waals surface area contributed by atoms with Gasteiger partial charge in [-0.2, -0.15) is 0 Å². The maximum atomic E-state index is 3.49. The number of benzene rings is 2. The van der Waals surface area contributed by atoms with Crippen LogP contribution in [0.4, 0.5) is 0 Å². The fourth-order valence-electron chi connectivity index (χ4n) is 2.12. The molecule has 2 aromatic carbocycles. The van der Waals surface area contributed by atoms with Crippen molar-refractivity contribution < 1.29 is 0 Å². The number of rotatable bonds is 1. The summed E-state index contributed by atoms with van der Waals surface area (Å²) in [6.07, 6.45) is 0. The van der Waals surface area contributed by atoms with E-state index in [-0.39, 0.29) is 0 Å². The number of hydrogen-bond acceptors (Lipinski definition) is 0. The summed E-state index contributed by atoms with van der Waals surface area (Å²) in [6, 6.07) is 16.9. The lowest BCUT2D eigenvalue weighted by atomic mass is 10.1. The lowest BCUT2D eigenvalue weighted by Gasteiger charge is -2.01. The molecule has 1 heterocycles. The van der Waals surface area contributed by atoms with Crippen LogP contribution in [0.5, 0.6) is 0 Å². The van der Waals surface area contributed by atoms with Crippen molar-refractivity contribution in [1.82, 2.24) is 4.98 Å². The molecule has 0 aliphatic heterocycles. The number of aryl methyl sites for hydroxylation is 1. The van der Waals surface area contributed by atoms with Crippen LogP contribution >= 0.6 is 15.9 Å². The zero-order valence-corrected chi connectivity index (χ0v) is 11.1. The summed E-state index contributed by atoms with van der Waals surface area (Å²) < 4.78 is 1.10. The van der Waals surface area contributed by atoms with Gasteiger partial charge in [-0.3, -0.25) is 0 Å². The summed E-state index contributed by atoms with van der Waals surface area (Å²) >= 11 is 3.49. The Balaban J connectivity index is 2.22. The van der Waals surface area contributed by atoms with E-state index in [1.807, 2.05) is 0 Å². The molecule has 0 unspecified atom stereocenters. The lowest BCUT2D eigenvalue weighted by molar-refractivity contribution is 1.39. The Labute approximate surface area is 109 Å². The van der Waals surface area contributed by atoms with E-state index < -0.39 is 0 Å². The summed E-state index contributed by atoms with van der Waals surface area (Å²) in [5.74, 6) is 0. The number of aromatic amines is 1. The molecule has 3 rings (SSSR count). The second kappa shape index (κ2) is 4.04. The molecule has 1 N–H and O–H groups in total. The quantitative estimate of drug-likeness (QED) is 0.654. The summed E-state index contributed by atoms with van der Waals surface area (Å²) in [7, 11) is 0. The minimum atomic E-state index is 1.10. The molecule has 0 radical (unpaired) electrons. The van der Waals surface area contributed by atoms with Gasteiger partial charge in [-0.1, -0.05) is 46.3 Å². The van der Waals surface area contributed by atoms with Crippen LogP contribution in [0.15, 0.2) is 53.0 Å². The molecule has 1 aromatic heterocycles. The molecular formula is C15H12BrN. The predicted molar refractivity (Wildman–Crippen MR) is 76.2 cm³/mol. The maximum Gasteiger partial charge on any atom is 0.0470 e. The number of halogens is 1. The van der Waals surface area contributed by atoms with Crippen molar-refractivity contribution in [3.05, 3.63) is 58.6 Å². The van der Waals surface area contributed by atoms with Gasteiger partial charge in [0.2, 0.25) is 0 Å². The highest BCUT2D eigenvalue weighted by molar-refractivity contribution is 9.10. The standard InChI is InChI=1S/C15H12BrN/c1-10-4-2-3-5-13(10)15-8-11-6-7-12(16)9-14(11)17-15/h2-9,17H,1H3. The third kappa shape index (κ3) is 1.89. The molecule has 0 saturated heterocycles. The van der Waals surface area contributed by atoms with Gasteiger partial charge in [0, 0.05) is 26.6 Å². The highest BCUT2D eigenvalue weighted by Crippen LogP contribution is 2.27. The molecule has 2 heteroatoms. The number of aromatic nitrogens is 1. The van der Waals surface area contributed by atoms with Crippen molar-refractivity contribution in [3.8, 4) is 11.3 Å².